The number of fused-ring (bicyclic) bond motifs is 1. The van der Waals surface area contributed by atoms with E-state index >= 15 is 0 Å². The van der Waals surface area contributed by atoms with Crippen LogP contribution >= 0.6 is 23.4 Å². The molecule has 0 N–H and O–H groups in total. The number of carbonyl (C=O) groups excluding carboxylic acids is 1. The third-order valence-electron chi connectivity index (χ3n) is 5.39. The van der Waals surface area contributed by atoms with Gasteiger partial charge in [0.05, 0.1) is 24.0 Å². The van der Waals surface area contributed by atoms with Crippen LogP contribution in [0.3, 0.4) is 0 Å². The van der Waals surface area contributed by atoms with E-state index < -0.39 is 9.84 Å². The molecule has 2 aromatic rings. The number of benzene rings is 2. The Morgan fingerprint density at radius 3 is 2.43 bits per heavy atom. The van der Waals surface area contributed by atoms with Gasteiger partial charge in [0.25, 0.3) is 5.91 Å². The molecule has 0 spiro atoms. The quantitative estimate of drug-likeness (QED) is 0.677. The van der Waals surface area contributed by atoms with Crippen LogP contribution in [-0.4, -0.2) is 42.3 Å². The van der Waals surface area contributed by atoms with Gasteiger partial charge in [-0.1, -0.05) is 61.5 Å². The molecule has 2 aliphatic heterocycles. The van der Waals surface area contributed by atoms with Gasteiger partial charge in [-0.25, -0.2) is 8.42 Å². The minimum Gasteiger partial charge on any atom is -0.316 e. The van der Waals surface area contributed by atoms with Crippen molar-refractivity contribution in [2.24, 2.45) is 4.99 Å². The number of halogens is 1. The minimum absolute atomic E-state index is 0.0843. The van der Waals surface area contributed by atoms with Crippen LogP contribution in [0.5, 0.6) is 0 Å². The van der Waals surface area contributed by atoms with E-state index in [9.17, 15) is 13.2 Å². The van der Waals surface area contributed by atoms with Gasteiger partial charge in [0, 0.05) is 16.0 Å². The number of amides is 1. The molecule has 158 valence electrons. The topological polar surface area (TPSA) is 66.8 Å². The van der Waals surface area contributed by atoms with Crippen LogP contribution in [0.2, 0.25) is 5.02 Å². The molecule has 8 heteroatoms. The van der Waals surface area contributed by atoms with Crippen LogP contribution in [0.1, 0.15) is 30.9 Å². The highest BCUT2D eigenvalue weighted by Gasteiger charge is 2.49. The Morgan fingerprint density at radius 1 is 1.13 bits per heavy atom. The van der Waals surface area contributed by atoms with E-state index in [0.29, 0.717) is 16.1 Å². The molecule has 4 rings (SSSR count). The minimum atomic E-state index is -3.09. The van der Waals surface area contributed by atoms with Gasteiger partial charge in [0.2, 0.25) is 0 Å². The highest BCUT2D eigenvalue weighted by atomic mass is 35.5. The Bertz CT molecular complexity index is 1080. The summed E-state index contributed by atoms with van der Waals surface area (Å²) in [6, 6.07) is 15.0. The molecule has 2 atom stereocenters. The summed E-state index contributed by atoms with van der Waals surface area (Å²) in [4.78, 5) is 19.0. The van der Waals surface area contributed by atoms with Crippen LogP contribution in [0.4, 0.5) is 5.69 Å². The number of thioether (sulfide) groups is 1. The van der Waals surface area contributed by atoms with E-state index in [1.807, 2.05) is 29.2 Å². The van der Waals surface area contributed by atoms with E-state index in [1.165, 1.54) is 17.3 Å². The summed E-state index contributed by atoms with van der Waals surface area (Å²) in [6.07, 6.45) is 0.176. The first-order chi connectivity index (χ1) is 14.2. The van der Waals surface area contributed by atoms with Gasteiger partial charge in [0.15, 0.2) is 15.0 Å². The zero-order valence-electron chi connectivity index (χ0n) is 16.8. The molecule has 0 radical (unpaired) electrons. The highest BCUT2D eigenvalue weighted by molar-refractivity contribution is 8.16. The van der Waals surface area contributed by atoms with Gasteiger partial charge in [-0.3, -0.25) is 4.79 Å². The van der Waals surface area contributed by atoms with Crippen molar-refractivity contribution >= 4 is 50.0 Å². The molecule has 0 aliphatic carbocycles. The van der Waals surface area contributed by atoms with Crippen molar-refractivity contribution in [3.8, 4) is 0 Å². The first-order valence-corrected chi connectivity index (χ1v) is 12.9. The number of anilines is 1. The number of nitrogens with zero attached hydrogens (tertiary/aromatic N) is 2. The van der Waals surface area contributed by atoms with E-state index in [2.05, 4.69) is 31.0 Å². The molecule has 0 bridgehead atoms. The largest absolute Gasteiger partial charge is 0.316 e. The normalized spacial score (nSPS) is 23.9. The summed E-state index contributed by atoms with van der Waals surface area (Å²) in [6.45, 7) is 4.26. The fraction of sp³-hybridized carbons (Fsp3) is 0.364. The molecule has 2 aliphatic rings. The molecule has 2 saturated heterocycles. The molecule has 5 nitrogen and oxygen atoms in total. The molecule has 1 amide bonds. The van der Waals surface area contributed by atoms with Crippen molar-refractivity contribution in [2.75, 3.05) is 16.4 Å². The monoisotopic (exact) mass is 462 g/mol. The number of carbonyl (C=O) groups is 1. The van der Waals surface area contributed by atoms with Crippen LogP contribution in [0, 0.1) is 0 Å². The van der Waals surface area contributed by atoms with Crippen LogP contribution in [0.25, 0.3) is 0 Å². The summed E-state index contributed by atoms with van der Waals surface area (Å²) in [5.74, 6) is 0.348. The molecule has 2 aromatic carbocycles. The second-order valence-corrected chi connectivity index (χ2v) is 11.8. The lowest BCUT2D eigenvalue weighted by Gasteiger charge is -2.25. The van der Waals surface area contributed by atoms with Crippen LogP contribution in [0.15, 0.2) is 53.5 Å². The lowest BCUT2D eigenvalue weighted by atomic mass is 10.0. The van der Waals surface area contributed by atoms with Gasteiger partial charge in [0.1, 0.15) is 0 Å². The molecule has 30 heavy (non-hydrogen) atoms. The summed E-state index contributed by atoms with van der Waals surface area (Å²) in [5.41, 5.74) is 2.92. The van der Waals surface area contributed by atoms with Gasteiger partial charge >= 0.3 is 0 Å². The van der Waals surface area contributed by atoms with Gasteiger partial charge < -0.3 is 4.90 Å². The van der Waals surface area contributed by atoms with E-state index in [-0.39, 0.29) is 35.1 Å². The number of amidine groups is 1. The van der Waals surface area contributed by atoms with Crippen LogP contribution in [-0.2, 0) is 21.1 Å². The van der Waals surface area contributed by atoms with Crippen molar-refractivity contribution in [3.05, 3.63) is 64.7 Å². The Balaban J connectivity index is 1.62. The fourth-order valence-corrected chi connectivity index (χ4v) is 7.87. The lowest BCUT2D eigenvalue weighted by molar-refractivity contribution is -0.117. The molecule has 0 aromatic heterocycles. The molecule has 2 fully saturated rings. The molecule has 2 heterocycles. The van der Waals surface area contributed by atoms with E-state index in [0.717, 1.165) is 11.3 Å². The predicted octanol–water partition coefficient (Wildman–Crippen LogP) is 4.31. The number of sulfone groups is 1. The van der Waals surface area contributed by atoms with Crippen molar-refractivity contribution < 1.29 is 13.2 Å². The highest BCUT2D eigenvalue weighted by Crippen LogP contribution is 2.41. The third kappa shape index (κ3) is 4.58. The molecular formula is C22H23ClN2O3S2. The maximum absolute atomic E-state index is 12.6. The van der Waals surface area contributed by atoms with Crippen molar-refractivity contribution in [1.29, 1.82) is 0 Å². The predicted molar refractivity (Wildman–Crippen MR) is 124 cm³/mol. The molecular weight excluding hydrogens is 440 g/mol. The SMILES string of the molecule is CC(C)c1ccc(N2C(=NC(=O)Cc3ccc(Cl)cc3)S[C@@H]3CS(=O)(=O)C[C@H]32)cc1. The average molecular weight is 463 g/mol. The number of aliphatic imine (C=N–C) groups is 1. The number of rotatable bonds is 4. The smallest absolute Gasteiger partial charge is 0.252 e. The van der Waals surface area contributed by atoms with Crippen molar-refractivity contribution in [3.63, 3.8) is 0 Å². The third-order valence-corrected chi connectivity index (χ3v) is 8.86. The molecule has 0 unspecified atom stereocenters. The average Bonchev–Trinajstić information content (AvgIpc) is 3.14. The zero-order valence-corrected chi connectivity index (χ0v) is 19.2. The maximum Gasteiger partial charge on any atom is 0.252 e. The standard InChI is InChI=1S/C22H23ClN2O3S2/c1-14(2)16-5-9-18(10-6-16)25-19-12-30(27,28)13-20(19)29-22(25)24-21(26)11-15-3-7-17(23)8-4-15/h3-10,14,19-20H,11-13H2,1-2H3/t19-,20-/m1/s1. The summed E-state index contributed by atoms with van der Waals surface area (Å²) >= 11 is 7.30. The summed E-state index contributed by atoms with van der Waals surface area (Å²) in [5, 5.41) is 1.09. The second kappa shape index (κ2) is 8.36. The Kier molecular flexibility index (Phi) is 5.97. The van der Waals surface area contributed by atoms with E-state index in [4.69, 9.17) is 11.6 Å². The molecule has 0 saturated carbocycles. The van der Waals surface area contributed by atoms with Crippen molar-refractivity contribution in [1.82, 2.24) is 0 Å². The lowest BCUT2D eigenvalue weighted by Crippen LogP contribution is -2.37. The van der Waals surface area contributed by atoms with Crippen LogP contribution < -0.4 is 4.90 Å². The summed E-state index contributed by atoms with van der Waals surface area (Å²) < 4.78 is 24.4. The first kappa shape index (κ1) is 21.4. The summed E-state index contributed by atoms with van der Waals surface area (Å²) in [7, 11) is -3.09. The first-order valence-electron chi connectivity index (χ1n) is 9.84. The Hall–Kier alpha value is -1.83. The van der Waals surface area contributed by atoms with E-state index in [1.54, 1.807) is 12.1 Å². The zero-order chi connectivity index (χ0) is 21.5. The van der Waals surface area contributed by atoms with Gasteiger partial charge in [-0.2, -0.15) is 4.99 Å². The Morgan fingerprint density at radius 2 is 1.80 bits per heavy atom. The Labute approximate surface area is 186 Å². The fourth-order valence-electron chi connectivity index (χ4n) is 3.81. The number of hydrogen-bond donors (Lipinski definition) is 0. The van der Waals surface area contributed by atoms with Crippen molar-refractivity contribution in [2.45, 2.75) is 37.5 Å². The maximum atomic E-state index is 12.6. The van der Waals surface area contributed by atoms with Gasteiger partial charge in [-0.05, 0) is 41.3 Å². The number of hydrogen-bond acceptors (Lipinski definition) is 4. The second-order valence-electron chi connectivity index (χ2n) is 8.01. The van der Waals surface area contributed by atoms with Gasteiger partial charge in [-0.15, -0.1) is 0 Å².